The van der Waals surface area contributed by atoms with Crippen LogP contribution in [0.1, 0.15) is 16.1 Å². The zero-order valence-electron chi connectivity index (χ0n) is 10.8. The molecule has 5 nitrogen and oxygen atoms in total. The minimum Gasteiger partial charge on any atom is -0.494 e. The van der Waals surface area contributed by atoms with E-state index in [1.54, 1.807) is 6.07 Å². The maximum atomic E-state index is 13.8. The Morgan fingerprint density at radius 3 is 2.80 bits per heavy atom. The lowest BCUT2D eigenvalue weighted by Crippen LogP contribution is -2.08. The molecule has 2 aromatic rings. The number of aromatic nitrogens is 1. The highest BCUT2D eigenvalue weighted by Gasteiger charge is 2.12. The molecule has 0 radical (unpaired) electrons. The van der Waals surface area contributed by atoms with Gasteiger partial charge in [0.1, 0.15) is 12.3 Å². The Hall–Kier alpha value is -2.63. The van der Waals surface area contributed by atoms with Crippen LogP contribution >= 0.6 is 0 Å². The van der Waals surface area contributed by atoms with Crippen molar-refractivity contribution < 1.29 is 18.7 Å². The van der Waals surface area contributed by atoms with Crippen LogP contribution in [0.5, 0.6) is 5.75 Å². The van der Waals surface area contributed by atoms with Crippen molar-refractivity contribution in [2.24, 2.45) is 0 Å². The normalized spacial score (nSPS) is 10.1. The van der Waals surface area contributed by atoms with E-state index in [2.05, 4.69) is 4.98 Å². The first-order chi connectivity index (χ1) is 9.61. The van der Waals surface area contributed by atoms with Gasteiger partial charge in [-0.3, -0.25) is 0 Å². The van der Waals surface area contributed by atoms with Crippen LogP contribution in [0.15, 0.2) is 36.5 Å². The third kappa shape index (κ3) is 3.03. The molecular formula is C14H13FN2O3. The smallest absolute Gasteiger partial charge is 0.357 e. The molecular weight excluding hydrogens is 263 g/mol. The summed E-state index contributed by atoms with van der Waals surface area (Å²) in [6.45, 7) is -0.200. The molecule has 0 spiro atoms. The van der Waals surface area contributed by atoms with E-state index in [0.29, 0.717) is 5.69 Å². The van der Waals surface area contributed by atoms with Gasteiger partial charge >= 0.3 is 5.97 Å². The summed E-state index contributed by atoms with van der Waals surface area (Å²) in [6, 6.07) is 7.60. The Morgan fingerprint density at radius 1 is 1.35 bits per heavy atom. The average molecular weight is 276 g/mol. The van der Waals surface area contributed by atoms with Crippen molar-refractivity contribution >= 4 is 11.7 Å². The van der Waals surface area contributed by atoms with E-state index in [4.69, 9.17) is 15.2 Å². The number of rotatable bonds is 4. The lowest BCUT2D eigenvalue weighted by molar-refractivity contribution is 0.0461. The highest BCUT2D eigenvalue weighted by molar-refractivity contribution is 5.87. The third-order valence-electron chi connectivity index (χ3n) is 2.62. The summed E-state index contributed by atoms with van der Waals surface area (Å²) in [5.41, 5.74) is 6.25. The number of benzene rings is 1. The number of nitrogens with zero attached hydrogens (tertiary/aromatic N) is 1. The van der Waals surface area contributed by atoms with Gasteiger partial charge in [0.05, 0.1) is 19.0 Å². The SMILES string of the molecule is COc1cccc(COC(=O)c2ccc(N)cn2)c1F. The number of nitrogen functional groups attached to an aromatic ring is 1. The van der Waals surface area contributed by atoms with E-state index in [1.807, 2.05) is 0 Å². The summed E-state index contributed by atoms with van der Waals surface area (Å²) >= 11 is 0. The molecule has 0 aliphatic carbocycles. The molecule has 0 atom stereocenters. The van der Waals surface area contributed by atoms with Gasteiger partial charge < -0.3 is 15.2 Å². The summed E-state index contributed by atoms with van der Waals surface area (Å²) in [6.07, 6.45) is 1.35. The first kappa shape index (κ1) is 13.8. The standard InChI is InChI=1S/C14H13FN2O3/c1-19-12-4-2-3-9(13(12)15)8-20-14(18)11-6-5-10(16)7-17-11/h2-7H,8,16H2,1H3. The molecule has 6 heteroatoms. The van der Waals surface area contributed by atoms with Crippen molar-refractivity contribution in [3.63, 3.8) is 0 Å². The van der Waals surface area contributed by atoms with Crippen LogP contribution in [0, 0.1) is 5.82 Å². The number of methoxy groups -OCH3 is 1. The number of hydrogen-bond acceptors (Lipinski definition) is 5. The lowest BCUT2D eigenvalue weighted by atomic mass is 10.2. The van der Waals surface area contributed by atoms with Crippen LogP contribution in [-0.2, 0) is 11.3 Å². The molecule has 0 saturated heterocycles. The highest BCUT2D eigenvalue weighted by atomic mass is 19.1. The van der Waals surface area contributed by atoms with E-state index in [1.165, 1.54) is 37.6 Å². The van der Waals surface area contributed by atoms with Gasteiger partial charge in [0.15, 0.2) is 11.6 Å². The monoisotopic (exact) mass is 276 g/mol. The van der Waals surface area contributed by atoms with Crippen LogP contribution in [0.4, 0.5) is 10.1 Å². The molecule has 1 heterocycles. The molecule has 0 saturated carbocycles. The number of hydrogen-bond donors (Lipinski definition) is 1. The van der Waals surface area contributed by atoms with Gasteiger partial charge in [-0.05, 0) is 18.2 Å². The van der Waals surface area contributed by atoms with Crippen molar-refractivity contribution in [3.8, 4) is 5.75 Å². The van der Waals surface area contributed by atoms with Gasteiger partial charge in [-0.2, -0.15) is 0 Å². The molecule has 1 aromatic carbocycles. The zero-order chi connectivity index (χ0) is 14.5. The molecule has 0 bridgehead atoms. The van der Waals surface area contributed by atoms with Gasteiger partial charge in [0, 0.05) is 5.56 Å². The van der Waals surface area contributed by atoms with E-state index < -0.39 is 11.8 Å². The van der Waals surface area contributed by atoms with Crippen LogP contribution < -0.4 is 10.5 Å². The number of esters is 1. The molecule has 1 aromatic heterocycles. The van der Waals surface area contributed by atoms with Crippen LogP contribution in [0.25, 0.3) is 0 Å². The Balaban J connectivity index is 2.05. The fraction of sp³-hybridized carbons (Fsp3) is 0.143. The van der Waals surface area contributed by atoms with Crippen molar-refractivity contribution in [2.75, 3.05) is 12.8 Å². The molecule has 0 amide bonds. The van der Waals surface area contributed by atoms with Gasteiger partial charge in [0.2, 0.25) is 0 Å². The zero-order valence-corrected chi connectivity index (χ0v) is 10.8. The van der Waals surface area contributed by atoms with Gasteiger partial charge in [0.25, 0.3) is 0 Å². The largest absolute Gasteiger partial charge is 0.494 e. The predicted octanol–water partition coefficient (Wildman–Crippen LogP) is 2.17. The predicted molar refractivity (Wildman–Crippen MR) is 70.7 cm³/mol. The molecule has 104 valence electrons. The van der Waals surface area contributed by atoms with Gasteiger partial charge in [-0.25, -0.2) is 14.2 Å². The van der Waals surface area contributed by atoms with Crippen molar-refractivity contribution in [2.45, 2.75) is 6.61 Å². The number of nitrogens with two attached hydrogens (primary N) is 1. The number of ether oxygens (including phenoxy) is 2. The number of halogens is 1. The van der Waals surface area contributed by atoms with Crippen molar-refractivity contribution in [3.05, 3.63) is 53.6 Å². The number of anilines is 1. The first-order valence-electron chi connectivity index (χ1n) is 5.82. The molecule has 0 aliphatic heterocycles. The molecule has 2 rings (SSSR count). The third-order valence-corrected chi connectivity index (χ3v) is 2.62. The second-order valence-electron chi connectivity index (χ2n) is 3.99. The van der Waals surface area contributed by atoms with Crippen molar-refractivity contribution in [1.82, 2.24) is 4.98 Å². The van der Waals surface area contributed by atoms with Gasteiger partial charge in [-0.15, -0.1) is 0 Å². The topological polar surface area (TPSA) is 74.4 Å². The second-order valence-corrected chi connectivity index (χ2v) is 3.99. The molecule has 0 fully saturated rings. The summed E-state index contributed by atoms with van der Waals surface area (Å²) in [5, 5.41) is 0. The molecule has 2 N–H and O–H groups in total. The molecule has 0 unspecified atom stereocenters. The number of carbonyl (C=O) groups is 1. The average Bonchev–Trinajstić information content (AvgIpc) is 2.46. The summed E-state index contributed by atoms with van der Waals surface area (Å²) < 4.78 is 23.7. The fourth-order valence-electron chi connectivity index (χ4n) is 1.57. The maximum Gasteiger partial charge on any atom is 0.357 e. The Morgan fingerprint density at radius 2 is 2.15 bits per heavy atom. The second kappa shape index (κ2) is 6.01. The summed E-state index contributed by atoms with van der Waals surface area (Å²) in [5.74, 6) is -1.09. The Bertz CT molecular complexity index is 614. The minimum atomic E-state index is -0.646. The number of pyridine rings is 1. The summed E-state index contributed by atoms with van der Waals surface area (Å²) in [7, 11) is 1.37. The van der Waals surface area contributed by atoms with Crippen LogP contribution in [-0.4, -0.2) is 18.1 Å². The number of carbonyl (C=O) groups excluding carboxylic acids is 1. The molecule has 20 heavy (non-hydrogen) atoms. The molecule has 0 aliphatic rings. The van der Waals surface area contributed by atoms with Gasteiger partial charge in [-0.1, -0.05) is 12.1 Å². The van der Waals surface area contributed by atoms with E-state index in [0.717, 1.165) is 0 Å². The van der Waals surface area contributed by atoms with E-state index >= 15 is 0 Å². The Kier molecular flexibility index (Phi) is 4.14. The minimum absolute atomic E-state index is 0.101. The Labute approximate surface area is 115 Å². The summed E-state index contributed by atoms with van der Waals surface area (Å²) in [4.78, 5) is 15.5. The fourth-order valence-corrected chi connectivity index (χ4v) is 1.57. The van der Waals surface area contributed by atoms with Crippen LogP contribution in [0.2, 0.25) is 0 Å². The van der Waals surface area contributed by atoms with E-state index in [-0.39, 0.29) is 23.6 Å². The van der Waals surface area contributed by atoms with Crippen LogP contribution in [0.3, 0.4) is 0 Å². The maximum absolute atomic E-state index is 13.8. The van der Waals surface area contributed by atoms with E-state index in [9.17, 15) is 9.18 Å². The lowest BCUT2D eigenvalue weighted by Gasteiger charge is -2.08. The highest BCUT2D eigenvalue weighted by Crippen LogP contribution is 2.20. The first-order valence-corrected chi connectivity index (χ1v) is 5.82. The quantitative estimate of drug-likeness (QED) is 0.866. The van der Waals surface area contributed by atoms with Crippen molar-refractivity contribution in [1.29, 1.82) is 0 Å².